The van der Waals surface area contributed by atoms with E-state index in [1.807, 2.05) is 4.90 Å². The highest BCUT2D eigenvalue weighted by atomic mass is 35.5. The van der Waals surface area contributed by atoms with Crippen molar-refractivity contribution in [3.63, 3.8) is 0 Å². The predicted molar refractivity (Wildman–Crippen MR) is 112 cm³/mol. The summed E-state index contributed by atoms with van der Waals surface area (Å²) in [6.45, 7) is 2.63. The molecule has 2 aliphatic rings. The second kappa shape index (κ2) is 7.12. The van der Waals surface area contributed by atoms with E-state index < -0.39 is 0 Å². The van der Waals surface area contributed by atoms with Gasteiger partial charge in [-0.1, -0.05) is 29.0 Å². The quantitative estimate of drug-likeness (QED) is 0.614. The van der Waals surface area contributed by atoms with E-state index in [4.69, 9.17) is 22.1 Å². The average Bonchev–Trinajstić information content (AvgIpc) is 3.11. The minimum Gasteiger partial charge on any atom is -0.491 e. The fraction of sp³-hybridized carbons (Fsp3) is 0.300. The first-order valence-corrected chi connectivity index (χ1v) is 10.6. The fourth-order valence-corrected chi connectivity index (χ4v) is 5.11. The van der Waals surface area contributed by atoms with Gasteiger partial charge in [-0.05, 0) is 18.2 Å². The molecule has 0 aliphatic carbocycles. The Hall–Kier alpha value is -2.42. The van der Waals surface area contributed by atoms with Crippen LogP contribution in [0.3, 0.4) is 0 Å². The van der Waals surface area contributed by atoms with Crippen molar-refractivity contribution in [2.75, 3.05) is 32.0 Å². The Labute approximate surface area is 175 Å². The van der Waals surface area contributed by atoms with Crippen molar-refractivity contribution in [1.82, 2.24) is 15.2 Å². The van der Waals surface area contributed by atoms with Crippen LogP contribution in [-0.2, 0) is 0 Å². The van der Waals surface area contributed by atoms with Crippen LogP contribution in [0.1, 0.15) is 16.8 Å². The number of aromatic nitrogens is 1. The number of halogens is 2. The zero-order valence-electron chi connectivity index (χ0n) is 15.4. The summed E-state index contributed by atoms with van der Waals surface area (Å²) in [5, 5.41) is 3.93. The van der Waals surface area contributed by atoms with Crippen molar-refractivity contribution >= 4 is 44.2 Å². The van der Waals surface area contributed by atoms with Crippen LogP contribution in [0.2, 0.25) is 5.02 Å². The molecular formula is C20H18ClFN4O2S. The molecule has 2 aromatic carbocycles. The maximum absolute atomic E-state index is 14.2. The molecule has 1 saturated heterocycles. The fourth-order valence-electron chi connectivity index (χ4n) is 4.02. The number of nitrogens with two attached hydrogens (primary N) is 1. The van der Waals surface area contributed by atoms with E-state index in [2.05, 4.69) is 10.3 Å². The number of rotatable bonds is 1. The molecule has 0 bridgehead atoms. The molecule has 3 N–H and O–H groups in total. The molecular weight excluding hydrogens is 415 g/mol. The minimum atomic E-state index is -0.378. The lowest BCUT2D eigenvalue weighted by atomic mass is 9.99. The van der Waals surface area contributed by atoms with Gasteiger partial charge in [0.25, 0.3) is 5.91 Å². The van der Waals surface area contributed by atoms with Crippen molar-refractivity contribution in [1.29, 1.82) is 0 Å². The van der Waals surface area contributed by atoms with Crippen molar-refractivity contribution in [3.8, 4) is 16.9 Å². The van der Waals surface area contributed by atoms with E-state index in [1.54, 1.807) is 18.2 Å². The summed E-state index contributed by atoms with van der Waals surface area (Å²) in [5.74, 6) is -0.0925. The van der Waals surface area contributed by atoms with Gasteiger partial charge in [0.05, 0.1) is 27.4 Å². The SMILES string of the molecule is Nc1nc2c(-c3ccc4c(c3Cl)OCC[C@H]3CNCCN3C4=O)ccc(F)c2s1. The van der Waals surface area contributed by atoms with E-state index in [-0.39, 0.29) is 22.9 Å². The number of fused-ring (bicyclic) bond motifs is 3. The standard InChI is InChI=1S/C20H18ClFN4O2S/c21-15-11(12-3-4-14(22)18-16(12)25-20(23)29-18)1-2-13-17(15)28-8-5-10-9-24-6-7-26(10)19(13)27/h1-4,10,24H,5-9H2,(H2,23,25)/t10-/m0/s1. The highest BCUT2D eigenvalue weighted by Gasteiger charge is 2.32. The molecule has 1 aromatic heterocycles. The third kappa shape index (κ3) is 3.02. The number of thiazole rings is 1. The molecule has 6 nitrogen and oxygen atoms in total. The Morgan fingerprint density at radius 2 is 2.07 bits per heavy atom. The van der Waals surface area contributed by atoms with Crippen molar-refractivity contribution < 1.29 is 13.9 Å². The first-order chi connectivity index (χ1) is 14.0. The van der Waals surface area contributed by atoms with Gasteiger partial charge in [-0.2, -0.15) is 0 Å². The zero-order chi connectivity index (χ0) is 20.1. The van der Waals surface area contributed by atoms with Gasteiger partial charge in [-0.25, -0.2) is 9.37 Å². The average molecular weight is 433 g/mol. The number of piperazine rings is 1. The normalized spacial score (nSPS) is 19.3. The lowest BCUT2D eigenvalue weighted by Crippen LogP contribution is -2.54. The molecule has 5 rings (SSSR count). The summed E-state index contributed by atoms with van der Waals surface area (Å²) in [5.41, 5.74) is 7.98. The van der Waals surface area contributed by atoms with Crippen LogP contribution in [-0.4, -0.2) is 48.1 Å². The Morgan fingerprint density at radius 3 is 2.93 bits per heavy atom. The van der Waals surface area contributed by atoms with Crippen molar-refractivity contribution in [2.24, 2.45) is 0 Å². The van der Waals surface area contributed by atoms with Gasteiger partial charge < -0.3 is 20.7 Å². The van der Waals surface area contributed by atoms with Crippen LogP contribution in [0, 0.1) is 5.82 Å². The first-order valence-electron chi connectivity index (χ1n) is 9.36. The molecule has 1 fully saturated rings. The molecule has 9 heteroatoms. The van der Waals surface area contributed by atoms with Gasteiger partial charge in [0.1, 0.15) is 5.82 Å². The van der Waals surface area contributed by atoms with Gasteiger partial charge in [0, 0.05) is 43.2 Å². The molecule has 3 heterocycles. The largest absolute Gasteiger partial charge is 0.491 e. The summed E-state index contributed by atoms with van der Waals surface area (Å²) < 4.78 is 20.5. The summed E-state index contributed by atoms with van der Waals surface area (Å²) in [7, 11) is 0. The molecule has 3 aromatic rings. The predicted octanol–water partition coefficient (Wildman–Crippen LogP) is 3.53. The minimum absolute atomic E-state index is 0.0817. The molecule has 2 aliphatic heterocycles. The van der Waals surface area contributed by atoms with Crippen LogP contribution in [0.4, 0.5) is 9.52 Å². The Bertz CT molecular complexity index is 1140. The molecule has 29 heavy (non-hydrogen) atoms. The van der Waals surface area contributed by atoms with Gasteiger partial charge in [-0.15, -0.1) is 0 Å². The number of hydrogen-bond acceptors (Lipinski definition) is 6. The number of carbonyl (C=O) groups is 1. The highest BCUT2D eigenvalue weighted by Crippen LogP contribution is 2.43. The van der Waals surface area contributed by atoms with Gasteiger partial charge in [0.15, 0.2) is 10.9 Å². The number of anilines is 1. The Morgan fingerprint density at radius 1 is 1.28 bits per heavy atom. The molecule has 1 amide bonds. The lowest BCUT2D eigenvalue weighted by Gasteiger charge is -2.38. The summed E-state index contributed by atoms with van der Waals surface area (Å²) in [6.07, 6.45) is 0.724. The Kier molecular flexibility index (Phi) is 4.57. The van der Waals surface area contributed by atoms with E-state index in [0.29, 0.717) is 50.8 Å². The molecule has 0 unspecified atom stereocenters. The topological polar surface area (TPSA) is 80.5 Å². The molecule has 0 radical (unpaired) electrons. The van der Waals surface area contributed by atoms with Crippen LogP contribution in [0.15, 0.2) is 24.3 Å². The number of benzene rings is 2. The maximum Gasteiger partial charge on any atom is 0.258 e. The van der Waals surface area contributed by atoms with E-state index in [9.17, 15) is 9.18 Å². The van der Waals surface area contributed by atoms with E-state index >= 15 is 0 Å². The lowest BCUT2D eigenvalue weighted by molar-refractivity contribution is 0.0576. The summed E-state index contributed by atoms with van der Waals surface area (Å²) in [6, 6.07) is 6.61. The molecule has 1 atom stereocenters. The molecule has 0 saturated carbocycles. The van der Waals surface area contributed by atoms with Crippen LogP contribution in [0.5, 0.6) is 5.75 Å². The molecule has 150 valence electrons. The second-order valence-electron chi connectivity index (χ2n) is 7.12. The number of hydrogen-bond donors (Lipinski definition) is 2. The number of ether oxygens (including phenoxy) is 1. The van der Waals surface area contributed by atoms with Crippen molar-refractivity contribution in [2.45, 2.75) is 12.5 Å². The van der Waals surface area contributed by atoms with Gasteiger partial charge in [0.2, 0.25) is 0 Å². The number of nitrogens with one attached hydrogen (secondary N) is 1. The zero-order valence-corrected chi connectivity index (χ0v) is 16.9. The third-order valence-corrected chi connectivity index (χ3v) is 6.71. The number of nitrogen functional groups attached to an aromatic ring is 1. The first kappa shape index (κ1) is 18.6. The van der Waals surface area contributed by atoms with Gasteiger partial charge >= 0.3 is 0 Å². The summed E-state index contributed by atoms with van der Waals surface area (Å²) in [4.78, 5) is 19.3. The number of carbonyl (C=O) groups excluding carboxylic acids is 1. The van der Waals surface area contributed by atoms with Crippen LogP contribution >= 0.6 is 22.9 Å². The third-order valence-electron chi connectivity index (χ3n) is 5.44. The number of nitrogens with zero attached hydrogens (tertiary/aromatic N) is 2. The molecule has 0 spiro atoms. The van der Waals surface area contributed by atoms with E-state index in [0.717, 1.165) is 30.8 Å². The van der Waals surface area contributed by atoms with Crippen LogP contribution < -0.4 is 15.8 Å². The Balaban J connectivity index is 1.65. The van der Waals surface area contributed by atoms with E-state index in [1.165, 1.54) is 6.07 Å². The van der Waals surface area contributed by atoms with Crippen LogP contribution in [0.25, 0.3) is 21.3 Å². The monoisotopic (exact) mass is 432 g/mol. The van der Waals surface area contributed by atoms with Gasteiger partial charge in [-0.3, -0.25) is 4.79 Å². The van der Waals surface area contributed by atoms with Crippen molar-refractivity contribution in [3.05, 3.63) is 40.7 Å². The summed E-state index contributed by atoms with van der Waals surface area (Å²) >= 11 is 7.81. The second-order valence-corrected chi connectivity index (χ2v) is 8.53. The maximum atomic E-state index is 14.2. The smallest absolute Gasteiger partial charge is 0.258 e. The number of amides is 1. The highest BCUT2D eigenvalue weighted by molar-refractivity contribution is 7.22.